The second kappa shape index (κ2) is 8.97. The third-order valence-electron chi connectivity index (χ3n) is 4.74. The lowest BCUT2D eigenvalue weighted by Gasteiger charge is -2.36. The highest BCUT2D eigenvalue weighted by Crippen LogP contribution is 2.27. The Bertz CT molecular complexity index is 864. The zero-order valence-corrected chi connectivity index (χ0v) is 16.8. The molecule has 148 valence electrons. The van der Waals surface area contributed by atoms with Crippen molar-refractivity contribution < 1.29 is 14.3 Å². The summed E-state index contributed by atoms with van der Waals surface area (Å²) in [4.78, 5) is 27.9. The Morgan fingerprint density at radius 3 is 2.50 bits per heavy atom. The molecule has 28 heavy (non-hydrogen) atoms. The molecule has 2 amide bonds. The summed E-state index contributed by atoms with van der Waals surface area (Å²) in [5.41, 5.74) is 2.56. The molecule has 3 rings (SSSR count). The van der Waals surface area contributed by atoms with Crippen molar-refractivity contribution in [2.24, 2.45) is 0 Å². The molecule has 1 fully saturated rings. The number of carbonyl (C=O) groups is 2. The largest absolute Gasteiger partial charge is 0.483 e. The molecule has 0 saturated carbocycles. The molecule has 0 aliphatic carbocycles. The first kappa shape index (κ1) is 20.0. The van der Waals surface area contributed by atoms with E-state index in [1.165, 1.54) is 0 Å². The standard InChI is InChI=1S/C21H24ClN3O3/c1-15-13-17(22)7-8-20(15)28-14-21(27)23-18-5-3-4-6-19(18)25-11-9-24(10-12-25)16(2)26/h3-8,13H,9-12,14H2,1-2H3,(H,23,27). The Labute approximate surface area is 170 Å². The Morgan fingerprint density at radius 2 is 1.82 bits per heavy atom. The van der Waals surface area contributed by atoms with Crippen LogP contribution in [0, 0.1) is 6.92 Å². The zero-order chi connectivity index (χ0) is 20.1. The predicted molar refractivity (Wildman–Crippen MR) is 111 cm³/mol. The fraction of sp³-hybridized carbons (Fsp3) is 0.333. The van der Waals surface area contributed by atoms with Crippen molar-refractivity contribution in [3.05, 3.63) is 53.1 Å². The minimum Gasteiger partial charge on any atom is -0.483 e. The molecule has 6 nitrogen and oxygen atoms in total. The molecule has 1 aliphatic rings. The molecule has 0 spiro atoms. The summed E-state index contributed by atoms with van der Waals surface area (Å²) in [6.45, 7) is 6.20. The van der Waals surface area contributed by atoms with Gasteiger partial charge >= 0.3 is 0 Å². The van der Waals surface area contributed by atoms with Gasteiger partial charge in [-0.3, -0.25) is 9.59 Å². The molecule has 1 heterocycles. The van der Waals surface area contributed by atoms with E-state index < -0.39 is 0 Å². The van der Waals surface area contributed by atoms with Crippen LogP contribution in [0.15, 0.2) is 42.5 Å². The van der Waals surface area contributed by atoms with Crippen LogP contribution >= 0.6 is 11.6 Å². The van der Waals surface area contributed by atoms with E-state index in [0.717, 1.165) is 30.0 Å². The Morgan fingerprint density at radius 1 is 1.11 bits per heavy atom. The number of hydrogen-bond donors (Lipinski definition) is 1. The summed E-state index contributed by atoms with van der Waals surface area (Å²) in [6.07, 6.45) is 0. The number of aryl methyl sites for hydroxylation is 1. The minimum absolute atomic E-state index is 0.0884. The van der Waals surface area contributed by atoms with Crippen molar-refractivity contribution in [2.45, 2.75) is 13.8 Å². The van der Waals surface area contributed by atoms with E-state index in [1.54, 1.807) is 25.1 Å². The van der Waals surface area contributed by atoms with Gasteiger partial charge < -0.3 is 19.9 Å². The van der Waals surface area contributed by atoms with Crippen LogP contribution in [0.4, 0.5) is 11.4 Å². The van der Waals surface area contributed by atoms with Gasteiger partial charge in [0, 0.05) is 38.1 Å². The molecule has 2 aromatic carbocycles. The third kappa shape index (κ3) is 4.95. The van der Waals surface area contributed by atoms with Crippen LogP contribution < -0.4 is 15.0 Å². The van der Waals surface area contributed by atoms with E-state index in [0.29, 0.717) is 23.9 Å². The number of carbonyl (C=O) groups excluding carboxylic acids is 2. The van der Waals surface area contributed by atoms with Gasteiger partial charge in [0.15, 0.2) is 6.61 Å². The van der Waals surface area contributed by atoms with E-state index in [4.69, 9.17) is 16.3 Å². The molecule has 0 bridgehead atoms. The molecule has 1 N–H and O–H groups in total. The Balaban J connectivity index is 1.61. The minimum atomic E-state index is -0.232. The molecule has 0 radical (unpaired) electrons. The molecule has 0 aromatic heterocycles. The van der Waals surface area contributed by atoms with Crippen LogP contribution in [0.2, 0.25) is 5.02 Å². The molecular formula is C21H24ClN3O3. The summed E-state index contributed by atoms with van der Waals surface area (Å²) in [7, 11) is 0. The normalized spacial score (nSPS) is 14.0. The summed E-state index contributed by atoms with van der Waals surface area (Å²) in [5, 5.41) is 3.56. The number of hydrogen-bond acceptors (Lipinski definition) is 4. The lowest BCUT2D eigenvalue weighted by molar-refractivity contribution is -0.129. The number of piperazine rings is 1. The van der Waals surface area contributed by atoms with Gasteiger partial charge in [-0.15, -0.1) is 0 Å². The van der Waals surface area contributed by atoms with Crippen LogP contribution in [0.1, 0.15) is 12.5 Å². The topological polar surface area (TPSA) is 61.9 Å². The van der Waals surface area contributed by atoms with E-state index in [9.17, 15) is 9.59 Å². The first-order valence-electron chi connectivity index (χ1n) is 9.22. The number of nitrogens with one attached hydrogen (secondary N) is 1. The highest BCUT2D eigenvalue weighted by Gasteiger charge is 2.21. The average Bonchev–Trinajstić information content (AvgIpc) is 2.68. The lowest BCUT2D eigenvalue weighted by Crippen LogP contribution is -2.48. The number of ether oxygens (including phenoxy) is 1. The van der Waals surface area contributed by atoms with Gasteiger partial charge in [0.05, 0.1) is 11.4 Å². The van der Waals surface area contributed by atoms with Crippen LogP contribution in [-0.2, 0) is 9.59 Å². The monoisotopic (exact) mass is 401 g/mol. The smallest absolute Gasteiger partial charge is 0.262 e. The number of nitrogens with zero attached hydrogens (tertiary/aromatic N) is 2. The fourth-order valence-corrected chi connectivity index (χ4v) is 3.45. The van der Waals surface area contributed by atoms with Gasteiger partial charge in [-0.1, -0.05) is 23.7 Å². The van der Waals surface area contributed by atoms with Gasteiger partial charge in [0.2, 0.25) is 5.91 Å². The number of halogens is 1. The maximum atomic E-state index is 12.4. The molecule has 0 atom stereocenters. The second-order valence-corrected chi connectivity index (χ2v) is 7.19. The van der Waals surface area contributed by atoms with Gasteiger partial charge in [-0.05, 0) is 42.8 Å². The zero-order valence-electron chi connectivity index (χ0n) is 16.1. The maximum absolute atomic E-state index is 12.4. The predicted octanol–water partition coefficient (Wildman–Crippen LogP) is 3.33. The first-order valence-corrected chi connectivity index (χ1v) is 9.60. The van der Waals surface area contributed by atoms with Crippen molar-refractivity contribution in [1.82, 2.24) is 4.90 Å². The molecule has 0 unspecified atom stereocenters. The van der Waals surface area contributed by atoms with Crippen molar-refractivity contribution >= 4 is 34.8 Å². The summed E-state index contributed by atoms with van der Waals surface area (Å²) >= 11 is 5.94. The average molecular weight is 402 g/mol. The summed E-state index contributed by atoms with van der Waals surface area (Å²) < 4.78 is 5.62. The molecule has 1 saturated heterocycles. The number of benzene rings is 2. The van der Waals surface area contributed by atoms with Crippen LogP contribution in [0.25, 0.3) is 0 Å². The number of rotatable bonds is 5. The molecular weight excluding hydrogens is 378 g/mol. The quantitative estimate of drug-likeness (QED) is 0.834. The molecule has 7 heteroatoms. The molecule has 1 aliphatic heterocycles. The summed E-state index contributed by atoms with van der Waals surface area (Å²) in [5.74, 6) is 0.494. The van der Waals surface area contributed by atoms with Crippen molar-refractivity contribution in [3.63, 3.8) is 0 Å². The first-order chi connectivity index (χ1) is 13.4. The van der Waals surface area contributed by atoms with Gasteiger partial charge in [-0.25, -0.2) is 0 Å². The number of para-hydroxylation sites is 2. The Kier molecular flexibility index (Phi) is 6.41. The summed E-state index contributed by atoms with van der Waals surface area (Å²) in [6, 6.07) is 13.0. The van der Waals surface area contributed by atoms with Crippen LogP contribution in [0.3, 0.4) is 0 Å². The maximum Gasteiger partial charge on any atom is 0.262 e. The Hall–Kier alpha value is -2.73. The van der Waals surface area contributed by atoms with E-state index in [-0.39, 0.29) is 18.4 Å². The molecule has 2 aromatic rings. The van der Waals surface area contributed by atoms with E-state index in [1.807, 2.05) is 36.1 Å². The highest BCUT2D eigenvalue weighted by atomic mass is 35.5. The highest BCUT2D eigenvalue weighted by molar-refractivity contribution is 6.30. The van der Waals surface area contributed by atoms with Crippen molar-refractivity contribution in [3.8, 4) is 5.75 Å². The fourth-order valence-electron chi connectivity index (χ4n) is 3.22. The van der Waals surface area contributed by atoms with Crippen molar-refractivity contribution in [1.29, 1.82) is 0 Å². The second-order valence-electron chi connectivity index (χ2n) is 6.76. The number of amides is 2. The van der Waals surface area contributed by atoms with E-state index >= 15 is 0 Å². The van der Waals surface area contributed by atoms with Crippen LogP contribution in [-0.4, -0.2) is 49.5 Å². The SMILES string of the molecule is CC(=O)N1CCN(c2ccccc2NC(=O)COc2ccc(Cl)cc2C)CC1. The van der Waals surface area contributed by atoms with Crippen LogP contribution in [0.5, 0.6) is 5.75 Å². The van der Waals surface area contributed by atoms with Crippen molar-refractivity contribution in [2.75, 3.05) is 43.0 Å². The van der Waals surface area contributed by atoms with Gasteiger partial charge in [0.25, 0.3) is 5.91 Å². The van der Waals surface area contributed by atoms with Gasteiger partial charge in [0.1, 0.15) is 5.75 Å². The van der Waals surface area contributed by atoms with Gasteiger partial charge in [-0.2, -0.15) is 0 Å². The lowest BCUT2D eigenvalue weighted by atomic mass is 10.2. The number of anilines is 2. The third-order valence-corrected chi connectivity index (χ3v) is 4.97. The van der Waals surface area contributed by atoms with E-state index in [2.05, 4.69) is 10.2 Å².